The molecular formula is C17H16F10N4O3. The molecule has 1 aromatic carbocycles. The fraction of sp³-hybridized carbons (Fsp3) is 0.529. The van der Waals surface area contributed by atoms with Crippen molar-refractivity contribution in [2.24, 2.45) is 16.0 Å². The van der Waals surface area contributed by atoms with E-state index in [2.05, 4.69) is 15.5 Å². The predicted octanol–water partition coefficient (Wildman–Crippen LogP) is 3.97. The van der Waals surface area contributed by atoms with Crippen molar-refractivity contribution in [2.45, 2.75) is 49.5 Å². The maximum atomic E-state index is 13.9. The number of carbonyl (C=O) groups excluding carboxylic acids is 1. The maximum Gasteiger partial charge on any atom is 0.490 e. The summed E-state index contributed by atoms with van der Waals surface area (Å²) in [4.78, 5) is 20.7. The van der Waals surface area contributed by atoms with E-state index in [1.165, 1.54) is 0 Å². The molecule has 4 N–H and O–H groups in total. The van der Waals surface area contributed by atoms with Gasteiger partial charge in [-0.15, -0.1) is 10.2 Å². The summed E-state index contributed by atoms with van der Waals surface area (Å²) in [6, 6.07) is 1.26. The highest BCUT2D eigenvalue weighted by atomic mass is 19.4. The number of alkyl halides is 9. The van der Waals surface area contributed by atoms with Crippen LogP contribution in [0.25, 0.3) is 0 Å². The Balaban J connectivity index is 0.000000718. The van der Waals surface area contributed by atoms with E-state index in [0.29, 0.717) is 6.07 Å². The fourth-order valence-corrected chi connectivity index (χ4v) is 2.38. The van der Waals surface area contributed by atoms with Gasteiger partial charge in [0.05, 0.1) is 11.6 Å². The van der Waals surface area contributed by atoms with Gasteiger partial charge >= 0.3 is 24.5 Å². The number of hydrogen-bond acceptors (Lipinski definition) is 5. The van der Waals surface area contributed by atoms with Crippen LogP contribution in [0.15, 0.2) is 28.4 Å². The van der Waals surface area contributed by atoms with Crippen molar-refractivity contribution in [3.63, 3.8) is 0 Å². The lowest BCUT2D eigenvalue weighted by atomic mass is 10.0. The van der Waals surface area contributed by atoms with Crippen LogP contribution < -0.4 is 11.1 Å². The van der Waals surface area contributed by atoms with E-state index in [0.717, 1.165) is 12.1 Å². The lowest BCUT2D eigenvalue weighted by molar-refractivity contribution is -0.192. The van der Waals surface area contributed by atoms with Crippen molar-refractivity contribution in [3.05, 3.63) is 35.1 Å². The lowest BCUT2D eigenvalue weighted by Crippen LogP contribution is -2.43. The van der Waals surface area contributed by atoms with Gasteiger partial charge in [0.25, 0.3) is 5.66 Å². The molecule has 1 amide bonds. The molecule has 7 nitrogen and oxygen atoms in total. The third-order valence-corrected chi connectivity index (χ3v) is 4.20. The summed E-state index contributed by atoms with van der Waals surface area (Å²) in [5.74, 6) is -5.10. The van der Waals surface area contributed by atoms with Crippen LogP contribution in [0.3, 0.4) is 0 Å². The quantitative estimate of drug-likeness (QED) is 0.377. The minimum atomic E-state index is -5.08. The number of rotatable bonds is 7. The van der Waals surface area contributed by atoms with Crippen molar-refractivity contribution in [1.82, 2.24) is 5.32 Å². The first-order valence-electron chi connectivity index (χ1n) is 9.00. The largest absolute Gasteiger partial charge is 0.490 e. The number of hydrogen-bond donors (Lipinski definition) is 3. The number of carboxylic acids is 1. The number of nitrogens with one attached hydrogen (secondary N) is 1. The molecule has 0 radical (unpaired) electrons. The SMILES string of the molecule is NC(Cc1cccc(C(F)(F)F)c1F)C(=O)NCCCC1(C(F)(F)F)N=N1.O=C(O)C(F)(F)F. The molecule has 1 atom stereocenters. The van der Waals surface area contributed by atoms with E-state index >= 15 is 0 Å². The zero-order valence-electron chi connectivity index (χ0n) is 16.7. The molecule has 1 aliphatic heterocycles. The molecule has 17 heteroatoms. The Kier molecular flexibility index (Phi) is 8.99. The van der Waals surface area contributed by atoms with Gasteiger partial charge in [-0.05, 0) is 24.5 Å². The molecule has 2 rings (SSSR count). The fourth-order valence-electron chi connectivity index (χ4n) is 2.38. The molecule has 0 spiro atoms. The minimum absolute atomic E-state index is 0.0944. The molecule has 1 heterocycles. The number of carbonyl (C=O) groups is 2. The molecule has 0 aliphatic carbocycles. The van der Waals surface area contributed by atoms with Crippen LogP contribution in [0.5, 0.6) is 0 Å². The predicted molar refractivity (Wildman–Crippen MR) is 92.7 cm³/mol. The van der Waals surface area contributed by atoms with Crippen LogP contribution in [-0.4, -0.2) is 47.6 Å². The molecule has 0 fully saturated rings. The molecule has 34 heavy (non-hydrogen) atoms. The number of carboxylic acid groups (broad SMARTS) is 1. The van der Waals surface area contributed by atoms with Crippen molar-refractivity contribution < 1.29 is 58.6 Å². The standard InChI is InChI=1S/C15H15F7N4O.C2HF3O2/c16-11-8(3-1-4-9(11)14(17,18)19)7-10(23)12(27)24-6-2-5-13(25-26-13)15(20,21)22;3-2(4,5)1(6)7/h1,3-4,10H,2,5-7,23H2,(H,24,27);(H,6,7). The van der Waals surface area contributed by atoms with E-state index in [1.54, 1.807) is 0 Å². The first-order chi connectivity index (χ1) is 15.3. The molecule has 0 aromatic heterocycles. The van der Waals surface area contributed by atoms with Gasteiger partial charge < -0.3 is 16.2 Å². The number of halogens is 10. The van der Waals surface area contributed by atoms with E-state index in [4.69, 9.17) is 15.6 Å². The molecular weight excluding hydrogens is 498 g/mol. The Morgan fingerprint density at radius 2 is 1.59 bits per heavy atom. The van der Waals surface area contributed by atoms with E-state index < -0.39 is 66.3 Å². The summed E-state index contributed by atoms with van der Waals surface area (Å²) < 4.78 is 121. The molecule has 192 valence electrons. The summed E-state index contributed by atoms with van der Waals surface area (Å²) in [5, 5.41) is 15.3. The number of amides is 1. The van der Waals surface area contributed by atoms with Gasteiger partial charge in [0.15, 0.2) is 0 Å². The van der Waals surface area contributed by atoms with Crippen LogP contribution >= 0.6 is 0 Å². The number of benzene rings is 1. The first kappa shape index (κ1) is 29.1. The normalized spacial score (nSPS) is 15.7. The van der Waals surface area contributed by atoms with Crippen molar-refractivity contribution in [1.29, 1.82) is 0 Å². The van der Waals surface area contributed by atoms with E-state index in [9.17, 15) is 48.7 Å². The van der Waals surface area contributed by atoms with Crippen LogP contribution in [0.1, 0.15) is 24.0 Å². The second-order valence-electron chi connectivity index (χ2n) is 6.80. The highest BCUT2D eigenvalue weighted by Crippen LogP contribution is 2.47. The highest BCUT2D eigenvalue weighted by Gasteiger charge is 2.63. The maximum absolute atomic E-state index is 13.9. The summed E-state index contributed by atoms with van der Waals surface area (Å²) in [6.45, 7) is -0.166. The summed E-state index contributed by atoms with van der Waals surface area (Å²) >= 11 is 0. The van der Waals surface area contributed by atoms with Crippen molar-refractivity contribution >= 4 is 11.9 Å². The Hall–Kier alpha value is -2.98. The van der Waals surface area contributed by atoms with Gasteiger partial charge in [0.1, 0.15) is 5.82 Å². The number of nitrogens with zero attached hydrogens (tertiary/aromatic N) is 2. The molecule has 0 saturated carbocycles. The summed E-state index contributed by atoms with van der Waals surface area (Å²) in [5.41, 5.74) is 1.27. The molecule has 1 aromatic rings. The van der Waals surface area contributed by atoms with Crippen LogP contribution in [0.2, 0.25) is 0 Å². The van der Waals surface area contributed by atoms with Gasteiger partial charge in [-0.3, -0.25) is 4.79 Å². The Bertz CT molecular complexity index is 906. The Morgan fingerprint density at radius 1 is 1.06 bits per heavy atom. The Labute approximate surface area is 184 Å². The highest BCUT2D eigenvalue weighted by molar-refractivity contribution is 5.81. The second-order valence-corrected chi connectivity index (χ2v) is 6.80. The summed E-state index contributed by atoms with van der Waals surface area (Å²) in [7, 11) is 0. The van der Waals surface area contributed by atoms with Crippen LogP contribution in [0, 0.1) is 5.82 Å². The first-order valence-corrected chi connectivity index (χ1v) is 9.00. The van der Waals surface area contributed by atoms with E-state index in [1.807, 2.05) is 0 Å². The topological polar surface area (TPSA) is 117 Å². The van der Waals surface area contributed by atoms with Gasteiger partial charge in [0.2, 0.25) is 5.91 Å². The van der Waals surface area contributed by atoms with Gasteiger partial charge in [0, 0.05) is 13.0 Å². The average Bonchev–Trinajstić information content (AvgIpc) is 3.46. The van der Waals surface area contributed by atoms with Gasteiger partial charge in [-0.1, -0.05) is 12.1 Å². The average molecular weight is 514 g/mol. The van der Waals surface area contributed by atoms with Crippen LogP contribution in [-0.2, 0) is 22.2 Å². The molecule has 0 bridgehead atoms. The van der Waals surface area contributed by atoms with Gasteiger partial charge in [-0.2, -0.15) is 39.5 Å². The molecule has 1 unspecified atom stereocenters. The van der Waals surface area contributed by atoms with Crippen molar-refractivity contribution in [2.75, 3.05) is 6.54 Å². The Morgan fingerprint density at radius 3 is 2.00 bits per heavy atom. The monoisotopic (exact) mass is 514 g/mol. The van der Waals surface area contributed by atoms with Crippen LogP contribution in [0.4, 0.5) is 43.9 Å². The second kappa shape index (κ2) is 10.5. The summed E-state index contributed by atoms with van der Waals surface area (Å²) in [6.07, 6.45) is -15.6. The zero-order chi connectivity index (χ0) is 26.5. The smallest absolute Gasteiger partial charge is 0.475 e. The van der Waals surface area contributed by atoms with Crippen molar-refractivity contribution in [3.8, 4) is 0 Å². The molecule has 1 aliphatic rings. The van der Waals surface area contributed by atoms with E-state index in [-0.39, 0.29) is 18.5 Å². The zero-order valence-corrected chi connectivity index (χ0v) is 16.7. The third-order valence-electron chi connectivity index (χ3n) is 4.20. The number of nitrogens with two attached hydrogens (primary N) is 1. The lowest BCUT2D eigenvalue weighted by Gasteiger charge is -2.16. The van der Waals surface area contributed by atoms with Gasteiger partial charge in [-0.25, -0.2) is 9.18 Å². The minimum Gasteiger partial charge on any atom is -0.475 e. The molecule has 0 saturated heterocycles. The third kappa shape index (κ3) is 8.11. The number of aliphatic carboxylic acids is 1.